The van der Waals surface area contributed by atoms with Crippen LogP contribution in [0.2, 0.25) is 0 Å². The SMILES string of the molecule is CCC(=O)C(C)S(=O)c1cccs1. The fourth-order valence-corrected chi connectivity index (χ4v) is 3.35. The van der Waals surface area contributed by atoms with E-state index in [2.05, 4.69) is 0 Å². The molecule has 0 aliphatic heterocycles. The molecule has 13 heavy (non-hydrogen) atoms. The van der Waals surface area contributed by atoms with Crippen molar-refractivity contribution in [2.45, 2.75) is 29.7 Å². The third-order valence-corrected chi connectivity index (χ3v) is 4.70. The van der Waals surface area contributed by atoms with Gasteiger partial charge in [0, 0.05) is 6.42 Å². The van der Waals surface area contributed by atoms with Crippen molar-refractivity contribution in [3.8, 4) is 0 Å². The van der Waals surface area contributed by atoms with Gasteiger partial charge in [-0.3, -0.25) is 9.00 Å². The largest absolute Gasteiger partial charge is 0.298 e. The van der Waals surface area contributed by atoms with Gasteiger partial charge in [-0.2, -0.15) is 0 Å². The van der Waals surface area contributed by atoms with Gasteiger partial charge in [-0.1, -0.05) is 13.0 Å². The lowest BCUT2D eigenvalue weighted by atomic mass is 10.2. The van der Waals surface area contributed by atoms with E-state index in [4.69, 9.17) is 0 Å². The summed E-state index contributed by atoms with van der Waals surface area (Å²) in [6, 6.07) is 3.65. The molecule has 0 aliphatic rings. The second kappa shape index (κ2) is 4.67. The van der Waals surface area contributed by atoms with E-state index in [0.717, 1.165) is 4.21 Å². The fraction of sp³-hybridized carbons (Fsp3) is 0.444. The molecule has 0 aromatic carbocycles. The second-order valence-corrected chi connectivity index (χ2v) is 5.64. The Balaban J connectivity index is 2.74. The minimum Gasteiger partial charge on any atom is -0.298 e. The summed E-state index contributed by atoms with van der Waals surface area (Å²) in [5.41, 5.74) is 0. The van der Waals surface area contributed by atoms with Crippen molar-refractivity contribution in [1.82, 2.24) is 0 Å². The Labute approximate surface area is 84.4 Å². The molecule has 0 N–H and O–H groups in total. The highest BCUT2D eigenvalue weighted by atomic mass is 32.2. The molecular weight excluding hydrogens is 204 g/mol. The number of carbonyl (C=O) groups is 1. The smallest absolute Gasteiger partial charge is 0.148 e. The molecule has 0 aliphatic carbocycles. The molecule has 0 amide bonds. The van der Waals surface area contributed by atoms with E-state index in [-0.39, 0.29) is 11.0 Å². The monoisotopic (exact) mass is 216 g/mol. The second-order valence-electron chi connectivity index (χ2n) is 2.69. The van der Waals surface area contributed by atoms with Gasteiger partial charge in [0.05, 0.1) is 20.3 Å². The Morgan fingerprint density at radius 3 is 2.85 bits per heavy atom. The summed E-state index contributed by atoms with van der Waals surface area (Å²) in [6.07, 6.45) is 0.457. The van der Waals surface area contributed by atoms with Crippen LogP contribution in [0.1, 0.15) is 20.3 Å². The first kappa shape index (κ1) is 10.6. The Morgan fingerprint density at radius 1 is 1.69 bits per heavy atom. The van der Waals surface area contributed by atoms with Crippen molar-refractivity contribution in [1.29, 1.82) is 0 Å². The van der Waals surface area contributed by atoms with Crippen LogP contribution < -0.4 is 0 Å². The Kier molecular flexibility index (Phi) is 3.81. The zero-order valence-corrected chi connectivity index (χ0v) is 9.28. The van der Waals surface area contributed by atoms with Crippen LogP contribution in [0.3, 0.4) is 0 Å². The summed E-state index contributed by atoms with van der Waals surface area (Å²) in [5, 5.41) is 1.50. The average Bonchev–Trinajstić information content (AvgIpc) is 2.67. The maximum absolute atomic E-state index is 11.7. The number of ketones is 1. The van der Waals surface area contributed by atoms with E-state index >= 15 is 0 Å². The molecule has 1 rings (SSSR count). The number of thiophene rings is 1. The number of hydrogen-bond donors (Lipinski definition) is 0. The van der Waals surface area contributed by atoms with E-state index in [1.807, 2.05) is 11.4 Å². The molecule has 72 valence electrons. The molecule has 2 unspecified atom stereocenters. The molecule has 1 heterocycles. The molecule has 0 bridgehead atoms. The highest BCUT2D eigenvalue weighted by Gasteiger charge is 2.19. The van der Waals surface area contributed by atoms with E-state index in [1.165, 1.54) is 11.3 Å². The number of Topliss-reactive ketones (excluding diaryl/α,β-unsaturated/α-hetero) is 1. The molecule has 0 spiro atoms. The Morgan fingerprint density at radius 2 is 2.38 bits per heavy atom. The van der Waals surface area contributed by atoms with Crippen LogP contribution in [0, 0.1) is 0 Å². The summed E-state index contributed by atoms with van der Waals surface area (Å²) in [6.45, 7) is 3.52. The molecule has 2 atom stereocenters. The van der Waals surface area contributed by atoms with Gasteiger partial charge in [0.15, 0.2) is 0 Å². The Hall–Kier alpha value is -0.480. The van der Waals surface area contributed by atoms with Gasteiger partial charge >= 0.3 is 0 Å². The fourth-order valence-electron chi connectivity index (χ4n) is 0.959. The van der Waals surface area contributed by atoms with Crippen LogP contribution in [0.4, 0.5) is 0 Å². The van der Waals surface area contributed by atoms with Gasteiger partial charge in [0.25, 0.3) is 0 Å². The summed E-state index contributed by atoms with van der Waals surface area (Å²) in [7, 11) is -1.16. The third kappa shape index (κ3) is 2.48. The van der Waals surface area contributed by atoms with E-state index in [0.29, 0.717) is 6.42 Å². The van der Waals surface area contributed by atoms with Gasteiger partial charge in [-0.15, -0.1) is 11.3 Å². The summed E-state index contributed by atoms with van der Waals surface area (Å²) in [5.74, 6) is 0.0618. The quantitative estimate of drug-likeness (QED) is 0.773. The van der Waals surface area contributed by atoms with Crippen LogP contribution in [-0.2, 0) is 15.6 Å². The van der Waals surface area contributed by atoms with E-state index in [9.17, 15) is 9.00 Å². The first-order valence-corrected chi connectivity index (χ1v) is 6.23. The summed E-state index contributed by atoms with van der Waals surface area (Å²) >= 11 is 1.43. The lowest BCUT2D eigenvalue weighted by Crippen LogP contribution is -2.21. The van der Waals surface area contributed by atoms with Gasteiger partial charge < -0.3 is 0 Å². The van der Waals surface area contributed by atoms with Crippen LogP contribution in [0.25, 0.3) is 0 Å². The first-order valence-electron chi connectivity index (χ1n) is 4.13. The van der Waals surface area contributed by atoms with Crippen LogP contribution in [-0.4, -0.2) is 15.2 Å². The zero-order valence-electron chi connectivity index (χ0n) is 7.65. The van der Waals surface area contributed by atoms with Crippen LogP contribution in [0.15, 0.2) is 21.7 Å². The Bertz CT molecular complexity index is 303. The van der Waals surface area contributed by atoms with Crippen molar-refractivity contribution >= 4 is 27.9 Å². The lowest BCUT2D eigenvalue weighted by Gasteiger charge is -2.06. The number of carbonyl (C=O) groups excluding carboxylic acids is 1. The average molecular weight is 216 g/mol. The molecule has 4 heteroatoms. The van der Waals surface area contributed by atoms with Crippen LogP contribution >= 0.6 is 11.3 Å². The van der Waals surface area contributed by atoms with Gasteiger partial charge in [0.2, 0.25) is 0 Å². The number of hydrogen-bond acceptors (Lipinski definition) is 3. The van der Waals surface area contributed by atoms with Crippen molar-refractivity contribution in [2.75, 3.05) is 0 Å². The molecule has 0 saturated carbocycles. The predicted octanol–water partition coefficient (Wildman–Crippen LogP) is 2.22. The highest BCUT2D eigenvalue weighted by Crippen LogP contribution is 2.18. The lowest BCUT2D eigenvalue weighted by molar-refractivity contribution is -0.118. The minimum absolute atomic E-state index is 0.0618. The standard InChI is InChI=1S/C9H12O2S2/c1-3-8(10)7(2)13(11)9-5-4-6-12-9/h4-7H,3H2,1-2H3. The normalized spacial score (nSPS) is 15.2. The summed E-state index contributed by atoms with van der Waals surface area (Å²) in [4.78, 5) is 11.3. The maximum Gasteiger partial charge on any atom is 0.148 e. The molecule has 1 aromatic rings. The zero-order chi connectivity index (χ0) is 9.84. The topological polar surface area (TPSA) is 34.1 Å². The van der Waals surface area contributed by atoms with Crippen LogP contribution in [0.5, 0.6) is 0 Å². The number of rotatable bonds is 4. The molecule has 0 radical (unpaired) electrons. The maximum atomic E-state index is 11.7. The molecule has 0 fully saturated rings. The van der Waals surface area contributed by atoms with E-state index in [1.54, 1.807) is 19.9 Å². The van der Waals surface area contributed by atoms with Crippen molar-refractivity contribution < 1.29 is 9.00 Å². The van der Waals surface area contributed by atoms with Crippen molar-refractivity contribution in [2.24, 2.45) is 0 Å². The van der Waals surface area contributed by atoms with Crippen molar-refractivity contribution in [3.63, 3.8) is 0 Å². The summed E-state index contributed by atoms with van der Waals surface area (Å²) < 4.78 is 12.5. The molecular formula is C9H12O2S2. The van der Waals surface area contributed by atoms with Gasteiger partial charge in [-0.25, -0.2) is 0 Å². The third-order valence-electron chi connectivity index (χ3n) is 1.82. The molecule has 1 aromatic heterocycles. The molecule has 0 saturated heterocycles. The highest BCUT2D eigenvalue weighted by molar-refractivity contribution is 7.88. The molecule has 2 nitrogen and oxygen atoms in total. The van der Waals surface area contributed by atoms with Gasteiger partial charge in [-0.05, 0) is 18.4 Å². The van der Waals surface area contributed by atoms with Gasteiger partial charge in [0.1, 0.15) is 5.78 Å². The predicted molar refractivity (Wildman–Crippen MR) is 55.5 cm³/mol. The van der Waals surface area contributed by atoms with Crippen molar-refractivity contribution in [3.05, 3.63) is 17.5 Å². The minimum atomic E-state index is -1.16. The van der Waals surface area contributed by atoms with E-state index < -0.39 is 10.8 Å². The first-order chi connectivity index (χ1) is 6.16.